The minimum Gasteiger partial charge on any atom is -0.489 e. The third-order valence-electron chi connectivity index (χ3n) is 8.32. The highest BCUT2D eigenvalue weighted by molar-refractivity contribution is 6.07. The van der Waals surface area contributed by atoms with Crippen LogP contribution in [0.5, 0.6) is 11.5 Å². The van der Waals surface area contributed by atoms with Crippen molar-refractivity contribution in [1.82, 2.24) is 19.8 Å². The van der Waals surface area contributed by atoms with Gasteiger partial charge in [-0.3, -0.25) is 24.5 Å². The highest BCUT2D eigenvalue weighted by Crippen LogP contribution is 2.45. The molecule has 2 aliphatic rings. The Bertz CT molecular complexity index is 1760. The number of rotatable bonds is 4. The van der Waals surface area contributed by atoms with Crippen LogP contribution in [-0.2, 0) is 15.8 Å². The topological polar surface area (TPSA) is 100 Å². The summed E-state index contributed by atoms with van der Waals surface area (Å²) in [5.74, 6) is -1.70. The number of anilines is 2. The van der Waals surface area contributed by atoms with Crippen LogP contribution in [0.1, 0.15) is 50.4 Å². The first-order valence-corrected chi connectivity index (χ1v) is 15.4. The molecule has 2 atom stereocenters. The van der Waals surface area contributed by atoms with Crippen LogP contribution >= 0.6 is 0 Å². The molecule has 0 N–H and O–H groups in total. The molecule has 2 bridgehead atoms. The number of piperazine rings is 1. The number of fused-ring (bicyclic) bond motifs is 5. The molecular weight excluding hydrogens is 632 g/mol. The molecule has 0 saturated carbocycles. The molecule has 0 aliphatic carbocycles. The molecule has 10 nitrogen and oxygen atoms in total. The van der Waals surface area contributed by atoms with Crippen LogP contribution in [0.15, 0.2) is 54.2 Å². The number of carbonyl (C=O) groups excluding carboxylic acids is 2. The van der Waals surface area contributed by atoms with Gasteiger partial charge in [-0.1, -0.05) is 26.5 Å². The molecule has 254 valence electrons. The maximum absolute atomic E-state index is 16.4. The first kappa shape index (κ1) is 34.3. The van der Waals surface area contributed by atoms with Crippen LogP contribution in [0.4, 0.5) is 29.1 Å². The number of amidine groups is 1. The Morgan fingerprint density at radius 1 is 1.10 bits per heavy atom. The van der Waals surface area contributed by atoms with E-state index in [1.54, 1.807) is 4.90 Å². The van der Waals surface area contributed by atoms with Crippen LogP contribution in [-0.4, -0.2) is 83.4 Å². The fourth-order valence-corrected chi connectivity index (χ4v) is 6.10. The zero-order chi connectivity index (χ0) is 34.9. The van der Waals surface area contributed by atoms with E-state index in [9.17, 15) is 22.8 Å². The first-order valence-electron chi connectivity index (χ1n) is 15.4. The smallest absolute Gasteiger partial charge is 0.419 e. The van der Waals surface area contributed by atoms with Crippen molar-refractivity contribution in [2.75, 3.05) is 38.3 Å². The maximum Gasteiger partial charge on any atom is 0.419 e. The SMILES string of the molecule is C=CC(=O)N1CC(C)N(C(=NC)c2cc(F)c3nc2N(C=O)c2c(ccnc2C(C)C)OCCOc2c-3cccc2C(F)(F)F)C[C@H]1C. The number of ether oxygens (including phenoxy) is 2. The van der Waals surface area contributed by atoms with Gasteiger partial charge in [-0.15, -0.1) is 0 Å². The lowest BCUT2D eigenvalue weighted by Gasteiger charge is -2.45. The Balaban J connectivity index is 1.81. The van der Waals surface area contributed by atoms with Crippen LogP contribution in [0.3, 0.4) is 0 Å². The van der Waals surface area contributed by atoms with Crippen molar-refractivity contribution in [3.05, 3.63) is 71.8 Å². The fraction of sp³-hybridized carbons (Fsp3) is 0.382. The highest BCUT2D eigenvalue weighted by atomic mass is 19.4. The summed E-state index contributed by atoms with van der Waals surface area (Å²) < 4.78 is 70.7. The highest BCUT2D eigenvalue weighted by Gasteiger charge is 2.38. The van der Waals surface area contributed by atoms with E-state index in [1.807, 2.05) is 32.6 Å². The zero-order valence-corrected chi connectivity index (χ0v) is 27.2. The van der Waals surface area contributed by atoms with Crippen molar-refractivity contribution in [1.29, 1.82) is 0 Å². The van der Waals surface area contributed by atoms with Crippen molar-refractivity contribution in [2.45, 2.75) is 51.9 Å². The van der Waals surface area contributed by atoms with E-state index in [2.05, 4.69) is 21.5 Å². The molecule has 1 aromatic carbocycles. The number of halogens is 4. The quantitative estimate of drug-likeness (QED) is 0.111. The minimum atomic E-state index is -4.83. The van der Waals surface area contributed by atoms with E-state index < -0.39 is 29.0 Å². The molecule has 14 heteroatoms. The number of aromatic nitrogens is 2. The summed E-state index contributed by atoms with van der Waals surface area (Å²) in [6, 6.07) is 5.28. The number of hydrogen-bond acceptors (Lipinski definition) is 7. The summed E-state index contributed by atoms with van der Waals surface area (Å²) in [7, 11) is 1.50. The molecule has 48 heavy (non-hydrogen) atoms. The van der Waals surface area contributed by atoms with Crippen molar-refractivity contribution in [3.63, 3.8) is 0 Å². The minimum absolute atomic E-state index is 0.0874. The normalized spacial score (nSPS) is 18.5. The predicted molar refractivity (Wildman–Crippen MR) is 172 cm³/mol. The van der Waals surface area contributed by atoms with Gasteiger partial charge in [0.05, 0.1) is 16.8 Å². The molecule has 0 spiro atoms. The van der Waals surface area contributed by atoms with Gasteiger partial charge in [0.2, 0.25) is 12.3 Å². The number of alkyl halides is 3. The number of nitrogens with zero attached hydrogens (tertiary/aromatic N) is 6. The van der Waals surface area contributed by atoms with E-state index in [0.29, 0.717) is 25.2 Å². The van der Waals surface area contributed by atoms with Crippen molar-refractivity contribution < 1.29 is 36.6 Å². The number of hydrogen-bond donors (Lipinski definition) is 0. The van der Waals surface area contributed by atoms with Gasteiger partial charge in [0, 0.05) is 50.0 Å². The molecule has 2 amide bonds. The number of pyridine rings is 2. The zero-order valence-electron chi connectivity index (χ0n) is 27.2. The average Bonchev–Trinajstić information content (AvgIpc) is 3.04. The molecule has 5 rings (SSSR count). The van der Waals surface area contributed by atoms with Gasteiger partial charge < -0.3 is 19.3 Å². The van der Waals surface area contributed by atoms with Gasteiger partial charge in [-0.05, 0) is 44.0 Å². The van der Waals surface area contributed by atoms with Crippen LogP contribution in [0.2, 0.25) is 0 Å². The van der Waals surface area contributed by atoms with E-state index in [0.717, 1.165) is 18.2 Å². The second-order valence-electron chi connectivity index (χ2n) is 11.8. The number of amides is 2. The number of carbonyl (C=O) groups is 2. The van der Waals surface area contributed by atoms with Gasteiger partial charge in [-0.2, -0.15) is 13.2 Å². The molecule has 1 saturated heterocycles. The third-order valence-corrected chi connectivity index (χ3v) is 8.32. The Morgan fingerprint density at radius 2 is 1.79 bits per heavy atom. The number of benzene rings is 1. The molecule has 1 fully saturated rings. The van der Waals surface area contributed by atoms with E-state index in [1.165, 1.54) is 36.4 Å². The molecule has 2 aliphatic heterocycles. The number of aliphatic imine (C=N–C) groups is 1. The lowest BCUT2D eigenvalue weighted by atomic mass is 10.0. The Kier molecular flexibility index (Phi) is 9.74. The average molecular weight is 669 g/mol. The second kappa shape index (κ2) is 13.6. The van der Waals surface area contributed by atoms with Crippen LogP contribution in [0, 0.1) is 5.82 Å². The molecule has 4 heterocycles. The summed E-state index contributed by atoms with van der Waals surface area (Å²) in [6.45, 7) is 11.1. The monoisotopic (exact) mass is 668 g/mol. The first-order chi connectivity index (χ1) is 22.8. The van der Waals surface area contributed by atoms with E-state index >= 15 is 4.39 Å². The second-order valence-corrected chi connectivity index (χ2v) is 11.8. The van der Waals surface area contributed by atoms with E-state index in [4.69, 9.17) is 9.47 Å². The third kappa shape index (κ3) is 6.30. The summed E-state index contributed by atoms with van der Waals surface area (Å²) in [5.41, 5.74) is -1.05. The number of para-hydroxylation sites is 1. The Morgan fingerprint density at radius 3 is 2.44 bits per heavy atom. The molecule has 2 aromatic heterocycles. The predicted octanol–water partition coefficient (Wildman–Crippen LogP) is 5.97. The van der Waals surface area contributed by atoms with Crippen molar-refractivity contribution in [3.8, 4) is 22.8 Å². The summed E-state index contributed by atoms with van der Waals surface area (Å²) in [5, 5.41) is 0. The largest absolute Gasteiger partial charge is 0.489 e. The molecular formula is C34H36F4N6O4. The van der Waals surface area contributed by atoms with Gasteiger partial charge in [0.15, 0.2) is 11.6 Å². The summed E-state index contributed by atoms with van der Waals surface area (Å²) >= 11 is 0. The van der Waals surface area contributed by atoms with Crippen molar-refractivity contribution in [2.24, 2.45) is 4.99 Å². The summed E-state index contributed by atoms with van der Waals surface area (Å²) in [6.07, 6.45) is -1.60. The van der Waals surface area contributed by atoms with Gasteiger partial charge in [0.1, 0.15) is 41.9 Å². The maximum atomic E-state index is 16.4. The summed E-state index contributed by atoms with van der Waals surface area (Å²) in [4.78, 5) is 44.0. The lowest BCUT2D eigenvalue weighted by Crippen LogP contribution is -2.59. The molecule has 3 aromatic rings. The molecule has 1 unspecified atom stereocenters. The van der Waals surface area contributed by atoms with Gasteiger partial charge in [-0.25, -0.2) is 9.37 Å². The Hall–Kier alpha value is -5.01. The Labute approximate surface area is 275 Å². The fourth-order valence-electron chi connectivity index (χ4n) is 6.10. The van der Waals surface area contributed by atoms with Crippen LogP contribution < -0.4 is 14.4 Å². The van der Waals surface area contributed by atoms with Crippen LogP contribution in [0.25, 0.3) is 11.3 Å². The lowest BCUT2D eigenvalue weighted by molar-refractivity contribution is -0.139. The van der Waals surface area contributed by atoms with E-state index in [-0.39, 0.29) is 71.3 Å². The standard InChI is InChI=1S/C34H36F4N6O4/c1-7-27(46)42-16-21(5)43(17-20(42)4)32(39-6)23-15-25(35)29-22-9-8-10-24(34(36,37)38)31(22)48-14-13-47-26-11-12-40-28(19(2)3)30(26)44(18-45)33(23)41-29/h7-12,15,18-21H,1,13-14,16-17H2,2-6H3/t20-,21?/m1/s1. The van der Waals surface area contributed by atoms with Gasteiger partial charge in [0.25, 0.3) is 0 Å². The van der Waals surface area contributed by atoms with Crippen molar-refractivity contribution >= 4 is 29.7 Å². The molecule has 0 radical (unpaired) electrons. The van der Waals surface area contributed by atoms with Gasteiger partial charge >= 0.3 is 6.18 Å².